The van der Waals surface area contributed by atoms with Crippen molar-refractivity contribution in [3.05, 3.63) is 29.8 Å². The predicted octanol–water partition coefficient (Wildman–Crippen LogP) is 3.48. The lowest BCUT2D eigenvalue weighted by atomic mass is 9.73. The Balaban J connectivity index is 2.36. The lowest BCUT2D eigenvalue weighted by Gasteiger charge is -2.37. The molecule has 0 bridgehead atoms. The molecule has 1 aliphatic rings. The molecule has 0 amide bonds. The van der Waals surface area contributed by atoms with Gasteiger partial charge in [-0.2, -0.15) is 0 Å². The van der Waals surface area contributed by atoms with Crippen LogP contribution >= 0.6 is 0 Å². The molecular weight excluding hydrogens is 212 g/mol. The molecule has 0 aromatic heterocycles. The summed E-state index contributed by atoms with van der Waals surface area (Å²) in [4.78, 5) is 0. The first-order valence-corrected chi connectivity index (χ1v) is 6.45. The van der Waals surface area contributed by atoms with Crippen LogP contribution in [-0.4, -0.2) is 11.7 Å². The van der Waals surface area contributed by atoms with E-state index < -0.39 is 5.60 Å². The van der Waals surface area contributed by atoms with Gasteiger partial charge >= 0.3 is 0 Å². The van der Waals surface area contributed by atoms with Crippen LogP contribution in [0.4, 0.5) is 0 Å². The monoisotopic (exact) mass is 234 g/mol. The van der Waals surface area contributed by atoms with Crippen molar-refractivity contribution in [3.8, 4) is 5.75 Å². The minimum atomic E-state index is -0.708. The van der Waals surface area contributed by atoms with Gasteiger partial charge in [-0.1, -0.05) is 26.0 Å². The Labute approximate surface area is 104 Å². The lowest BCUT2D eigenvalue weighted by Crippen LogP contribution is -2.36. The molecule has 0 radical (unpaired) electrons. The van der Waals surface area contributed by atoms with E-state index in [1.54, 1.807) is 0 Å². The van der Waals surface area contributed by atoms with Crippen molar-refractivity contribution in [1.29, 1.82) is 0 Å². The van der Waals surface area contributed by atoms with E-state index in [0.29, 0.717) is 6.61 Å². The van der Waals surface area contributed by atoms with E-state index in [1.165, 1.54) is 0 Å². The van der Waals surface area contributed by atoms with Crippen LogP contribution in [0.3, 0.4) is 0 Å². The third kappa shape index (κ3) is 2.06. The fourth-order valence-electron chi connectivity index (χ4n) is 2.88. The maximum Gasteiger partial charge on any atom is 0.119 e. The highest BCUT2D eigenvalue weighted by atomic mass is 16.5. The van der Waals surface area contributed by atoms with E-state index in [2.05, 4.69) is 13.8 Å². The molecule has 94 valence electrons. The second-order valence-electron chi connectivity index (χ2n) is 5.56. The van der Waals surface area contributed by atoms with Crippen molar-refractivity contribution >= 4 is 0 Å². The summed E-state index contributed by atoms with van der Waals surface area (Å²) >= 11 is 0. The number of hydrogen-bond donors (Lipinski definition) is 1. The maximum absolute atomic E-state index is 10.9. The molecule has 1 atom stereocenters. The highest BCUT2D eigenvalue weighted by Crippen LogP contribution is 2.52. The largest absolute Gasteiger partial charge is 0.494 e. The summed E-state index contributed by atoms with van der Waals surface area (Å²) in [7, 11) is 0. The standard InChI is InChI=1S/C15H22O2/c1-4-17-13-8-5-7-12(11-13)15(16)10-6-9-14(15,2)3/h5,7-8,11,16H,4,6,9-10H2,1-3H3. The molecule has 1 fully saturated rings. The number of hydrogen-bond acceptors (Lipinski definition) is 2. The molecule has 1 aromatic carbocycles. The Morgan fingerprint density at radius 3 is 2.65 bits per heavy atom. The van der Waals surface area contributed by atoms with Crippen LogP contribution in [0.15, 0.2) is 24.3 Å². The topological polar surface area (TPSA) is 29.5 Å². The SMILES string of the molecule is CCOc1cccc(C2(O)CCCC2(C)C)c1. The molecule has 0 heterocycles. The summed E-state index contributed by atoms with van der Waals surface area (Å²) in [6, 6.07) is 7.90. The first kappa shape index (κ1) is 12.4. The smallest absolute Gasteiger partial charge is 0.119 e. The molecule has 2 rings (SSSR count). The van der Waals surface area contributed by atoms with Gasteiger partial charge in [0.15, 0.2) is 0 Å². The van der Waals surface area contributed by atoms with Crippen LogP contribution in [-0.2, 0) is 5.60 Å². The Kier molecular flexibility index (Phi) is 3.17. The van der Waals surface area contributed by atoms with Crippen LogP contribution in [0, 0.1) is 5.41 Å². The van der Waals surface area contributed by atoms with E-state index in [1.807, 2.05) is 31.2 Å². The first-order chi connectivity index (χ1) is 7.99. The number of ether oxygens (including phenoxy) is 1. The Morgan fingerprint density at radius 2 is 2.06 bits per heavy atom. The molecular formula is C15H22O2. The van der Waals surface area contributed by atoms with E-state index >= 15 is 0 Å². The van der Waals surface area contributed by atoms with Crippen molar-refractivity contribution in [3.63, 3.8) is 0 Å². The number of benzene rings is 1. The Hall–Kier alpha value is -1.02. The molecule has 0 spiro atoms. The molecule has 1 aliphatic carbocycles. The molecule has 1 aromatic rings. The molecule has 2 nitrogen and oxygen atoms in total. The second kappa shape index (κ2) is 4.34. The van der Waals surface area contributed by atoms with Crippen LogP contribution < -0.4 is 4.74 Å². The highest BCUT2D eigenvalue weighted by molar-refractivity contribution is 5.34. The molecule has 1 saturated carbocycles. The van der Waals surface area contributed by atoms with Crippen molar-refractivity contribution in [2.45, 2.75) is 45.6 Å². The van der Waals surface area contributed by atoms with Gasteiger partial charge in [0, 0.05) is 0 Å². The third-order valence-corrected chi connectivity index (χ3v) is 4.08. The molecule has 17 heavy (non-hydrogen) atoms. The summed E-state index contributed by atoms with van der Waals surface area (Å²) < 4.78 is 5.51. The minimum absolute atomic E-state index is 0.0577. The summed E-state index contributed by atoms with van der Waals surface area (Å²) in [5.74, 6) is 0.848. The first-order valence-electron chi connectivity index (χ1n) is 6.45. The second-order valence-corrected chi connectivity index (χ2v) is 5.56. The molecule has 2 heteroatoms. The van der Waals surface area contributed by atoms with E-state index in [9.17, 15) is 5.11 Å². The molecule has 0 saturated heterocycles. The summed E-state index contributed by atoms with van der Waals surface area (Å²) in [5.41, 5.74) is 0.226. The van der Waals surface area contributed by atoms with Crippen molar-refractivity contribution in [1.82, 2.24) is 0 Å². The zero-order chi connectivity index (χ0) is 12.5. The van der Waals surface area contributed by atoms with Crippen molar-refractivity contribution in [2.75, 3.05) is 6.61 Å². The van der Waals surface area contributed by atoms with E-state index in [4.69, 9.17) is 4.74 Å². The fourth-order valence-corrected chi connectivity index (χ4v) is 2.88. The third-order valence-electron chi connectivity index (χ3n) is 4.08. The Morgan fingerprint density at radius 1 is 1.29 bits per heavy atom. The average Bonchev–Trinajstić information content (AvgIpc) is 2.56. The van der Waals surface area contributed by atoms with Gasteiger partial charge < -0.3 is 9.84 Å². The van der Waals surface area contributed by atoms with Gasteiger partial charge in [-0.25, -0.2) is 0 Å². The number of rotatable bonds is 3. The number of aliphatic hydroxyl groups is 1. The van der Waals surface area contributed by atoms with Crippen molar-refractivity contribution in [2.24, 2.45) is 5.41 Å². The quantitative estimate of drug-likeness (QED) is 0.867. The van der Waals surface area contributed by atoms with Crippen LogP contribution in [0.1, 0.15) is 45.6 Å². The van der Waals surface area contributed by atoms with Crippen LogP contribution in [0.5, 0.6) is 5.75 Å². The molecule has 0 aliphatic heterocycles. The minimum Gasteiger partial charge on any atom is -0.494 e. The van der Waals surface area contributed by atoms with Crippen molar-refractivity contribution < 1.29 is 9.84 Å². The van der Waals surface area contributed by atoms with Gasteiger partial charge in [-0.3, -0.25) is 0 Å². The van der Waals surface area contributed by atoms with Crippen LogP contribution in [0.25, 0.3) is 0 Å². The average molecular weight is 234 g/mol. The van der Waals surface area contributed by atoms with Gasteiger partial charge in [0.2, 0.25) is 0 Å². The van der Waals surface area contributed by atoms with Gasteiger partial charge in [0.05, 0.1) is 12.2 Å². The van der Waals surface area contributed by atoms with Crippen LogP contribution in [0.2, 0.25) is 0 Å². The summed E-state index contributed by atoms with van der Waals surface area (Å²) in [6.45, 7) is 6.92. The zero-order valence-electron chi connectivity index (χ0n) is 11.0. The fraction of sp³-hybridized carbons (Fsp3) is 0.600. The van der Waals surface area contributed by atoms with Gasteiger partial charge in [0.1, 0.15) is 5.75 Å². The van der Waals surface area contributed by atoms with Gasteiger partial charge in [0.25, 0.3) is 0 Å². The Bertz CT molecular complexity index is 398. The zero-order valence-corrected chi connectivity index (χ0v) is 11.0. The van der Waals surface area contributed by atoms with Gasteiger partial charge in [-0.05, 0) is 49.3 Å². The summed E-state index contributed by atoms with van der Waals surface area (Å²) in [5, 5.41) is 10.9. The summed E-state index contributed by atoms with van der Waals surface area (Å²) in [6.07, 6.45) is 3.00. The van der Waals surface area contributed by atoms with E-state index in [0.717, 1.165) is 30.6 Å². The van der Waals surface area contributed by atoms with E-state index in [-0.39, 0.29) is 5.41 Å². The lowest BCUT2D eigenvalue weighted by molar-refractivity contribution is -0.0486. The normalized spacial score (nSPS) is 27.1. The molecule has 1 unspecified atom stereocenters. The van der Waals surface area contributed by atoms with Gasteiger partial charge in [-0.15, -0.1) is 0 Å². The highest BCUT2D eigenvalue weighted by Gasteiger charge is 2.48. The molecule has 1 N–H and O–H groups in total. The predicted molar refractivity (Wildman–Crippen MR) is 69.1 cm³/mol. The maximum atomic E-state index is 10.9.